The van der Waals surface area contributed by atoms with Gasteiger partial charge >= 0.3 is 0 Å². The smallest absolute Gasteiger partial charge is 0.147 e. The minimum atomic E-state index is -1.03. The summed E-state index contributed by atoms with van der Waals surface area (Å²) in [6.45, 7) is 0. The molecule has 0 saturated carbocycles. The van der Waals surface area contributed by atoms with E-state index in [1.165, 1.54) is 23.5 Å². The summed E-state index contributed by atoms with van der Waals surface area (Å²) in [6, 6.07) is 7.86. The second kappa shape index (κ2) is 4.72. The second-order valence-corrected chi connectivity index (χ2v) is 5.34. The summed E-state index contributed by atoms with van der Waals surface area (Å²) >= 11 is 12.6. The molecule has 0 bridgehead atoms. The Morgan fingerprint density at radius 2 is 1.94 bits per heavy atom. The highest BCUT2D eigenvalue weighted by atomic mass is 35.5. The summed E-state index contributed by atoms with van der Waals surface area (Å²) in [6.07, 6.45) is -1.03. The van der Waals surface area contributed by atoms with E-state index in [9.17, 15) is 9.50 Å². The summed E-state index contributed by atoms with van der Waals surface area (Å²) < 4.78 is 14.2. The third kappa shape index (κ3) is 2.23. The summed E-state index contributed by atoms with van der Waals surface area (Å²) in [5.74, 6) is -0.596. The molecule has 0 amide bonds. The van der Waals surface area contributed by atoms with Crippen molar-refractivity contribution in [2.45, 2.75) is 6.10 Å². The quantitative estimate of drug-likeness (QED) is 0.868. The van der Waals surface area contributed by atoms with E-state index in [0.29, 0.717) is 9.21 Å². The lowest BCUT2D eigenvalue weighted by molar-refractivity contribution is 0.219. The zero-order chi connectivity index (χ0) is 11.7. The fraction of sp³-hybridized carbons (Fsp3) is 0.0909. The molecule has 2 aromatic rings. The number of rotatable bonds is 2. The Labute approximate surface area is 106 Å². The first kappa shape index (κ1) is 11.9. The molecule has 1 aromatic carbocycles. The van der Waals surface area contributed by atoms with Crippen LogP contribution < -0.4 is 0 Å². The lowest BCUT2D eigenvalue weighted by Crippen LogP contribution is -2.00. The van der Waals surface area contributed by atoms with Gasteiger partial charge in [0, 0.05) is 10.4 Å². The van der Waals surface area contributed by atoms with Crippen LogP contribution in [0.1, 0.15) is 16.5 Å². The summed E-state index contributed by atoms with van der Waals surface area (Å²) in [5.41, 5.74) is 0.158. The molecule has 16 heavy (non-hydrogen) atoms. The minimum absolute atomic E-state index is 0.000738. The average Bonchev–Trinajstić information content (AvgIpc) is 2.68. The van der Waals surface area contributed by atoms with E-state index in [1.54, 1.807) is 18.2 Å². The Balaban J connectivity index is 2.41. The Bertz CT molecular complexity index is 512. The van der Waals surface area contributed by atoms with Gasteiger partial charge in [0.05, 0.1) is 9.36 Å². The number of halogens is 3. The van der Waals surface area contributed by atoms with Gasteiger partial charge in [-0.1, -0.05) is 35.3 Å². The zero-order valence-corrected chi connectivity index (χ0v) is 10.3. The van der Waals surface area contributed by atoms with Gasteiger partial charge in [-0.15, -0.1) is 11.3 Å². The van der Waals surface area contributed by atoms with Crippen LogP contribution in [0.25, 0.3) is 0 Å². The molecule has 1 aromatic heterocycles. The van der Waals surface area contributed by atoms with E-state index >= 15 is 0 Å². The van der Waals surface area contributed by atoms with E-state index in [1.807, 2.05) is 0 Å². The highest BCUT2D eigenvalue weighted by Gasteiger charge is 2.18. The van der Waals surface area contributed by atoms with E-state index < -0.39 is 11.9 Å². The molecule has 84 valence electrons. The molecule has 1 nitrogen and oxygen atoms in total. The maximum Gasteiger partial charge on any atom is 0.147 e. The summed E-state index contributed by atoms with van der Waals surface area (Å²) in [5, 5.41) is 9.96. The van der Waals surface area contributed by atoms with Crippen molar-refractivity contribution in [1.82, 2.24) is 0 Å². The number of thiophene rings is 1. The van der Waals surface area contributed by atoms with Crippen LogP contribution in [0.3, 0.4) is 0 Å². The topological polar surface area (TPSA) is 20.2 Å². The molecule has 0 aliphatic carbocycles. The van der Waals surface area contributed by atoms with Gasteiger partial charge < -0.3 is 5.11 Å². The van der Waals surface area contributed by atoms with E-state index in [-0.39, 0.29) is 10.6 Å². The van der Waals surface area contributed by atoms with Crippen LogP contribution in [-0.2, 0) is 0 Å². The highest BCUT2D eigenvalue weighted by molar-refractivity contribution is 7.16. The number of hydrogen-bond acceptors (Lipinski definition) is 2. The van der Waals surface area contributed by atoms with Crippen LogP contribution in [-0.4, -0.2) is 5.11 Å². The number of hydrogen-bond donors (Lipinski definition) is 1. The third-order valence-electron chi connectivity index (χ3n) is 2.14. The monoisotopic (exact) mass is 276 g/mol. The van der Waals surface area contributed by atoms with Gasteiger partial charge in [0.1, 0.15) is 11.9 Å². The fourth-order valence-corrected chi connectivity index (χ4v) is 2.61. The Hall–Kier alpha value is -0.610. The molecule has 0 aliphatic heterocycles. The van der Waals surface area contributed by atoms with Crippen LogP contribution in [0.15, 0.2) is 30.3 Å². The summed E-state index contributed by atoms with van der Waals surface area (Å²) in [4.78, 5) is 0.589. The predicted molar refractivity (Wildman–Crippen MR) is 64.8 cm³/mol. The summed E-state index contributed by atoms with van der Waals surface area (Å²) in [7, 11) is 0. The normalized spacial score (nSPS) is 12.8. The van der Waals surface area contributed by atoms with Gasteiger partial charge in [0.25, 0.3) is 0 Å². The zero-order valence-electron chi connectivity index (χ0n) is 7.95. The van der Waals surface area contributed by atoms with Crippen molar-refractivity contribution >= 4 is 34.5 Å². The lowest BCUT2D eigenvalue weighted by Gasteiger charge is -2.10. The van der Waals surface area contributed by atoms with E-state index in [4.69, 9.17) is 23.2 Å². The number of aliphatic hydroxyl groups is 1. The SMILES string of the molecule is OC(c1ccc(Cl)s1)c1cccc(Cl)c1F. The van der Waals surface area contributed by atoms with Gasteiger partial charge in [0.15, 0.2) is 0 Å². The molecule has 2 rings (SSSR count). The largest absolute Gasteiger partial charge is 0.383 e. The van der Waals surface area contributed by atoms with Crippen molar-refractivity contribution in [2.24, 2.45) is 0 Å². The molecule has 1 atom stereocenters. The molecular weight excluding hydrogens is 270 g/mol. The van der Waals surface area contributed by atoms with Crippen molar-refractivity contribution in [3.63, 3.8) is 0 Å². The van der Waals surface area contributed by atoms with Crippen LogP contribution in [0.4, 0.5) is 4.39 Å². The molecule has 1 N–H and O–H groups in total. The van der Waals surface area contributed by atoms with Crippen molar-refractivity contribution in [1.29, 1.82) is 0 Å². The van der Waals surface area contributed by atoms with Crippen LogP contribution in [0.2, 0.25) is 9.36 Å². The van der Waals surface area contributed by atoms with Crippen molar-refractivity contribution < 1.29 is 9.50 Å². The van der Waals surface area contributed by atoms with Gasteiger partial charge in [-0.3, -0.25) is 0 Å². The van der Waals surface area contributed by atoms with Gasteiger partial charge in [-0.25, -0.2) is 4.39 Å². The first-order valence-corrected chi connectivity index (χ1v) is 6.04. The van der Waals surface area contributed by atoms with Gasteiger partial charge in [0.2, 0.25) is 0 Å². The van der Waals surface area contributed by atoms with Crippen molar-refractivity contribution in [2.75, 3.05) is 0 Å². The molecule has 0 saturated heterocycles. The van der Waals surface area contributed by atoms with Crippen molar-refractivity contribution in [3.8, 4) is 0 Å². The standard InChI is InChI=1S/C11H7Cl2FOS/c12-7-3-1-2-6(10(7)14)11(15)8-4-5-9(13)16-8/h1-5,11,15H. The Morgan fingerprint density at radius 1 is 1.19 bits per heavy atom. The Kier molecular flexibility index (Phi) is 3.50. The van der Waals surface area contributed by atoms with Crippen LogP contribution in [0, 0.1) is 5.82 Å². The lowest BCUT2D eigenvalue weighted by atomic mass is 10.1. The number of aliphatic hydroxyl groups excluding tert-OH is 1. The second-order valence-electron chi connectivity index (χ2n) is 3.19. The molecular formula is C11H7Cl2FOS. The van der Waals surface area contributed by atoms with Crippen molar-refractivity contribution in [3.05, 3.63) is 55.9 Å². The molecule has 0 radical (unpaired) electrons. The first-order chi connectivity index (χ1) is 7.59. The molecule has 0 aliphatic rings. The molecule has 0 spiro atoms. The fourth-order valence-electron chi connectivity index (χ4n) is 1.36. The molecule has 5 heteroatoms. The molecule has 0 fully saturated rings. The maximum atomic E-state index is 13.6. The third-order valence-corrected chi connectivity index (χ3v) is 3.72. The average molecular weight is 277 g/mol. The molecule has 1 heterocycles. The van der Waals surface area contributed by atoms with E-state index in [2.05, 4.69) is 0 Å². The van der Waals surface area contributed by atoms with Crippen LogP contribution in [0.5, 0.6) is 0 Å². The minimum Gasteiger partial charge on any atom is -0.383 e. The first-order valence-electron chi connectivity index (χ1n) is 4.47. The van der Waals surface area contributed by atoms with Crippen LogP contribution >= 0.6 is 34.5 Å². The number of benzene rings is 1. The van der Waals surface area contributed by atoms with Gasteiger partial charge in [-0.2, -0.15) is 0 Å². The highest BCUT2D eigenvalue weighted by Crippen LogP contribution is 2.33. The Morgan fingerprint density at radius 3 is 2.56 bits per heavy atom. The van der Waals surface area contributed by atoms with Gasteiger partial charge in [-0.05, 0) is 18.2 Å². The molecule has 1 unspecified atom stereocenters. The predicted octanol–water partition coefficient (Wildman–Crippen LogP) is 4.28. The maximum absolute atomic E-state index is 13.6. The van der Waals surface area contributed by atoms with E-state index in [0.717, 1.165) is 0 Å².